The van der Waals surface area contributed by atoms with Gasteiger partial charge in [-0.15, -0.1) is 11.8 Å². The van der Waals surface area contributed by atoms with Crippen molar-refractivity contribution >= 4 is 28.6 Å². The van der Waals surface area contributed by atoms with Gasteiger partial charge in [0, 0.05) is 34.1 Å². The van der Waals surface area contributed by atoms with Gasteiger partial charge < -0.3 is 14.9 Å². The summed E-state index contributed by atoms with van der Waals surface area (Å²) in [7, 11) is 0. The first-order valence-electron chi connectivity index (χ1n) is 9.93. The van der Waals surface area contributed by atoms with Crippen LogP contribution in [0, 0.1) is 0 Å². The van der Waals surface area contributed by atoms with Gasteiger partial charge in [-0.05, 0) is 42.0 Å². The monoisotopic (exact) mass is 432 g/mol. The smallest absolute Gasteiger partial charge is 0.326 e. The molecule has 3 heterocycles. The number of H-pyrrole nitrogens is 3. The van der Waals surface area contributed by atoms with Crippen molar-refractivity contribution in [3.8, 4) is 0 Å². The Kier molecular flexibility index (Phi) is 4.78. The van der Waals surface area contributed by atoms with Gasteiger partial charge in [-0.2, -0.15) is 0 Å². The summed E-state index contributed by atoms with van der Waals surface area (Å²) < 4.78 is 0. The molecule has 1 aliphatic rings. The molecule has 1 aliphatic heterocycles. The maximum absolute atomic E-state index is 13.4. The predicted molar refractivity (Wildman–Crippen MR) is 121 cm³/mol. The molecular formula is C23H20N4O3S. The first-order chi connectivity index (χ1) is 15.0. The number of thioether (sulfide) groups is 1. The number of carbonyl (C=O) groups excluding carboxylic acids is 1. The van der Waals surface area contributed by atoms with E-state index >= 15 is 0 Å². The molecule has 1 amide bonds. The van der Waals surface area contributed by atoms with Crippen molar-refractivity contribution in [2.24, 2.45) is 0 Å². The van der Waals surface area contributed by atoms with E-state index in [1.54, 1.807) is 16.7 Å². The number of aromatic amines is 3. The van der Waals surface area contributed by atoms with Gasteiger partial charge in [0.2, 0.25) is 0 Å². The van der Waals surface area contributed by atoms with Gasteiger partial charge in [-0.3, -0.25) is 14.6 Å². The van der Waals surface area contributed by atoms with Crippen LogP contribution in [0.1, 0.15) is 33.4 Å². The molecule has 0 fully saturated rings. The number of carbonyl (C=O) groups is 1. The molecule has 4 aromatic rings. The highest BCUT2D eigenvalue weighted by Crippen LogP contribution is 2.39. The van der Waals surface area contributed by atoms with Crippen molar-refractivity contribution < 1.29 is 4.79 Å². The molecule has 1 atom stereocenters. The summed E-state index contributed by atoms with van der Waals surface area (Å²) in [5.74, 6) is -0.383. The number of para-hydroxylation sites is 1. The fourth-order valence-electron chi connectivity index (χ4n) is 4.33. The van der Waals surface area contributed by atoms with Crippen molar-refractivity contribution in [2.75, 3.05) is 12.8 Å². The summed E-state index contributed by atoms with van der Waals surface area (Å²) in [6.07, 6.45) is 2.70. The van der Waals surface area contributed by atoms with Crippen LogP contribution in [-0.4, -0.2) is 38.6 Å². The van der Waals surface area contributed by atoms with Crippen LogP contribution in [0.2, 0.25) is 0 Å². The van der Waals surface area contributed by atoms with Crippen molar-refractivity contribution in [2.45, 2.75) is 17.4 Å². The highest BCUT2D eigenvalue weighted by molar-refractivity contribution is 7.98. The van der Waals surface area contributed by atoms with E-state index in [0.717, 1.165) is 33.1 Å². The van der Waals surface area contributed by atoms with E-state index in [2.05, 4.69) is 21.0 Å². The van der Waals surface area contributed by atoms with Crippen molar-refractivity contribution in [1.82, 2.24) is 19.9 Å². The number of nitrogens with one attached hydrogen (secondary N) is 3. The van der Waals surface area contributed by atoms with Crippen LogP contribution in [0.5, 0.6) is 0 Å². The predicted octanol–water partition coefficient (Wildman–Crippen LogP) is 3.05. The summed E-state index contributed by atoms with van der Waals surface area (Å²) in [5.41, 5.74) is 2.83. The Morgan fingerprint density at radius 2 is 1.81 bits per heavy atom. The summed E-state index contributed by atoms with van der Waals surface area (Å²) in [4.78, 5) is 47.9. The molecular weight excluding hydrogens is 412 g/mol. The lowest BCUT2D eigenvalue weighted by atomic mass is 9.92. The average molecular weight is 433 g/mol. The number of benzene rings is 2. The third kappa shape index (κ3) is 3.38. The van der Waals surface area contributed by atoms with Gasteiger partial charge in [0.1, 0.15) is 5.69 Å². The molecule has 8 heteroatoms. The van der Waals surface area contributed by atoms with Gasteiger partial charge in [-0.25, -0.2) is 4.79 Å². The SMILES string of the molecule is CSc1ccc([C@@H]2c3[nH]c4ccccc4c3CCN2C(=O)c2cc(=O)[nH]c(=O)[nH]2)cc1. The maximum atomic E-state index is 13.4. The van der Waals surface area contributed by atoms with Crippen molar-refractivity contribution in [3.63, 3.8) is 0 Å². The molecule has 5 rings (SSSR count). The maximum Gasteiger partial charge on any atom is 0.326 e. The molecule has 0 saturated carbocycles. The van der Waals surface area contributed by atoms with E-state index in [-0.39, 0.29) is 17.6 Å². The minimum Gasteiger partial charge on any atom is -0.356 e. The quantitative estimate of drug-likeness (QED) is 0.433. The second-order valence-corrected chi connectivity index (χ2v) is 8.37. The van der Waals surface area contributed by atoms with E-state index in [1.165, 1.54) is 5.56 Å². The highest BCUT2D eigenvalue weighted by atomic mass is 32.2. The average Bonchev–Trinajstić information content (AvgIpc) is 3.16. The Bertz CT molecular complexity index is 1370. The summed E-state index contributed by atoms with van der Waals surface area (Å²) >= 11 is 1.65. The van der Waals surface area contributed by atoms with Gasteiger partial charge in [-0.1, -0.05) is 30.3 Å². The molecule has 2 aromatic carbocycles. The number of aromatic nitrogens is 3. The summed E-state index contributed by atoms with van der Waals surface area (Å²) in [5, 5.41) is 1.15. The Labute approximate surface area is 181 Å². The van der Waals surface area contributed by atoms with Crippen LogP contribution in [0.25, 0.3) is 10.9 Å². The van der Waals surface area contributed by atoms with Gasteiger partial charge in [0.25, 0.3) is 11.5 Å². The highest BCUT2D eigenvalue weighted by Gasteiger charge is 2.35. The molecule has 7 nitrogen and oxygen atoms in total. The van der Waals surface area contributed by atoms with E-state index < -0.39 is 11.2 Å². The van der Waals surface area contributed by atoms with Crippen LogP contribution in [0.15, 0.2) is 69.1 Å². The second kappa shape index (κ2) is 7.63. The first-order valence-corrected chi connectivity index (χ1v) is 11.2. The summed E-state index contributed by atoms with van der Waals surface area (Å²) in [6, 6.07) is 17.0. The minimum absolute atomic E-state index is 0.0148. The third-order valence-electron chi connectivity index (χ3n) is 5.72. The van der Waals surface area contributed by atoms with Crippen molar-refractivity contribution in [3.05, 3.63) is 98.0 Å². The molecule has 2 aromatic heterocycles. The third-order valence-corrected chi connectivity index (χ3v) is 6.46. The second-order valence-electron chi connectivity index (χ2n) is 7.49. The number of fused-ring (bicyclic) bond motifs is 3. The molecule has 0 spiro atoms. The first kappa shape index (κ1) is 19.4. The molecule has 3 N–H and O–H groups in total. The number of nitrogens with zero attached hydrogens (tertiary/aromatic N) is 1. The van der Waals surface area contributed by atoms with Crippen LogP contribution >= 0.6 is 11.8 Å². The number of rotatable bonds is 3. The van der Waals surface area contributed by atoms with E-state index in [1.807, 2.05) is 48.7 Å². The zero-order valence-electron chi connectivity index (χ0n) is 16.8. The number of hydrogen-bond donors (Lipinski definition) is 3. The van der Waals surface area contributed by atoms with Crippen LogP contribution < -0.4 is 11.2 Å². The summed E-state index contributed by atoms with van der Waals surface area (Å²) in [6.45, 7) is 0.470. The topological polar surface area (TPSA) is 102 Å². The van der Waals surface area contributed by atoms with Gasteiger partial charge in [0.15, 0.2) is 0 Å². The molecule has 0 unspecified atom stereocenters. The zero-order valence-corrected chi connectivity index (χ0v) is 17.6. The molecule has 156 valence electrons. The van der Waals surface area contributed by atoms with Crippen LogP contribution in [0.3, 0.4) is 0 Å². The zero-order chi connectivity index (χ0) is 21.5. The molecule has 0 radical (unpaired) electrons. The Morgan fingerprint density at radius 3 is 2.55 bits per heavy atom. The lowest BCUT2D eigenvalue weighted by Gasteiger charge is -2.36. The standard InChI is InChI=1S/C23H20N4O3S/c1-31-14-8-6-13(7-9-14)21-20-16(15-4-2-3-5-17(15)24-20)10-11-27(21)22(29)18-12-19(28)26-23(30)25-18/h2-9,12,21,24H,10-11H2,1H3,(H2,25,26,28,30)/t21-/m1/s1. The number of hydrogen-bond acceptors (Lipinski definition) is 4. The lowest BCUT2D eigenvalue weighted by Crippen LogP contribution is -2.42. The van der Waals surface area contributed by atoms with Crippen LogP contribution in [0.4, 0.5) is 0 Å². The van der Waals surface area contributed by atoms with E-state index in [9.17, 15) is 14.4 Å². The van der Waals surface area contributed by atoms with Crippen molar-refractivity contribution in [1.29, 1.82) is 0 Å². The van der Waals surface area contributed by atoms with E-state index in [0.29, 0.717) is 13.0 Å². The molecule has 31 heavy (non-hydrogen) atoms. The van der Waals surface area contributed by atoms with Crippen LogP contribution in [-0.2, 0) is 6.42 Å². The fraction of sp³-hybridized carbons (Fsp3) is 0.174. The Hall–Kier alpha value is -3.52. The Morgan fingerprint density at radius 1 is 1.03 bits per heavy atom. The normalized spacial score (nSPS) is 15.8. The van der Waals surface area contributed by atoms with E-state index in [4.69, 9.17) is 0 Å². The molecule has 0 aliphatic carbocycles. The lowest BCUT2D eigenvalue weighted by molar-refractivity contribution is 0.0685. The number of amides is 1. The molecule has 0 saturated heterocycles. The van der Waals surface area contributed by atoms with Gasteiger partial charge >= 0.3 is 5.69 Å². The minimum atomic E-state index is -0.694. The Balaban J connectivity index is 1.67. The molecule has 0 bridgehead atoms. The largest absolute Gasteiger partial charge is 0.356 e. The fourth-order valence-corrected chi connectivity index (χ4v) is 4.74. The van der Waals surface area contributed by atoms with Gasteiger partial charge in [0.05, 0.1) is 6.04 Å².